The minimum absolute atomic E-state index is 0.129. The van der Waals surface area contributed by atoms with Crippen LogP contribution in [-0.2, 0) is 4.79 Å². The molecule has 0 radical (unpaired) electrons. The lowest BCUT2D eigenvalue weighted by Gasteiger charge is -2.23. The van der Waals surface area contributed by atoms with Gasteiger partial charge in [-0.05, 0) is 44.4 Å². The predicted octanol–water partition coefficient (Wildman–Crippen LogP) is 2.41. The molecular formula is C22H29N3O4. The smallest absolute Gasteiger partial charge is 0.261 e. The number of carbonyl (C=O) groups excluding carboxylic acids is 4. The summed E-state index contributed by atoms with van der Waals surface area (Å²) >= 11 is 0. The Balaban J connectivity index is 1.73. The van der Waals surface area contributed by atoms with Crippen molar-refractivity contribution < 1.29 is 19.2 Å². The second-order valence-electron chi connectivity index (χ2n) is 8.46. The van der Waals surface area contributed by atoms with Crippen molar-refractivity contribution in [1.29, 1.82) is 0 Å². The van der Waals surface area contributed by atoms with Crippen molar-refractivity contribution in [2.75, 3.05) is 26.2 Å². The topological polar surface area (TPSA) is 78.0 Å². The van der Waals surface area contributed by atoms with E-state index in [2.05, 4.69) is 0 Å². The van der Waals surface area contributed by atoms with Crippen LogP contribution in [0.15, 0.2) is 18.2 Å². The van der Waals surface area contributed by atoms with Gasteiger partial charge in [0.15, 0.2) is 0 Å². The van der Waals surface area contributed by atoms with Crippen molar-refractivity contribution in [2.45, 2.75) is 46.6 Å². The van der Waals surface area contributed by atoms with Gasteiger partial charge in [-0.25, -0.2) is 0 Å². The summed E-state index contributed by atoms with van der Waals surface area (Å²) in [6, 6.07) is 4.48. The van der Waals surface area contributed by atoms with E-state index in [1.165, 1.54) is 11.0 Å². The molecule has 1 fully saturated rings. The lowest BCUT2D eigenvalue weighted by atomic mass is 10.0. The van der Waals surface area contributed by atoms with E-state index in [1.54, 1.807) is 30.9 Å². The summed E-state index contributed by atoms with van der Waals surface area (Å²) in [4.78, 5) is 55.2. The molecule has 0 spiro atoms. The first-order chi connectivity index (χ1) is 13.7. The average Bonchev–Trinajstić information content (AvgIpc) is 2.81. The van der Waals surface area contributed by atoms with Crippen LogP contribution in [0.4, 0.5) is 0 Å². The third kappa shape index (κ3) is 4.18. The van der Waals surface area contributed by atoms with Crippen LogP contribution >= 0.6 is 0 Å². The molecule has 0 bridgehead atoms. The van der Waals surface area contributed by atoms with Crippen molar-refractivity contribution in [1.82, 2.24) is 14.7 Å². The van der Waals surface area contributed by atoms with Gasteiger partial charge in [0.25, 0.3) is 17.7 Å². The number of imide groups is 1. The zero-order chi connectivity index (χ0) is 21.3. The van der Waals surface area contributed by atoms with Gasteiger partial charge < -0.3 is 9.80 Å². The molecule has 0 aromatic heterocycles. The molecule has 0 N–H and O–H groups in total. The fraction of sp³-hybridized carbons (Fsp3) is 0.545. The molecule has 2 aliphatic rings. The van der Waals surface area contributed by atoms with Crippen LogP contribution in [-0.4, -0.2) is 70.5 Å². The molecule has 29 heavy (non-hydrogen) atoms. The van der Waals surface area contributed by atoms with E-state index in [0.29, 0.717) is 49.6 Å². The van der Waals surface area contributed by atoms with E-state index in [0.717, 1.165) is 6.42 Å². The first-order valence-corrected chi connectivity index (χ1v) is 10.3. The fourth-order valence-electron chi connectivity index (χ4n) is 3.89. The molecule has 1 aromatic carbocycles. The van der Waals surface area contributed by atoms with Crippen LogP contribution < -0.4 is 0 Å². The number of carbonyl (C=O) groups is 4. The summed E-state index contributed by atoms with van der Waals surface area (Å²) in [7, 11) is 0. The molecule has 0 aliphatic carbocycles. The number of fused-ring (bicyclic) bond motifs is 1. The number of hydrogen-bond acceptors (Lipinski definition) is 4. The van der Waals surface area contributed by atoms with E-state index in [9.17, 15) is 19.2 Å². The number of rotatable bonds is 4. The molecular weight excluding hydrogens is 370 g/mol. The predicted molar refractivity (Wildman–Crippen MR) is 109 cm³/mol. The van der Waals surface area contributed by atoms with Crippen molar-refractivity contribution >= 4 is 23.6 Å². The molecule has 4 amide bonds. The van der Waals surface area contributed by atoms with Gasteiger partial charge >= 0.3 is 0 Å². The maximum absolute atomic E-state index is 13.0. The molecule has 1 saturated heterocycles. The highest BCUT2D eigenvalue weighted by molar-refractivity contribution is 6.22. The van der Waals surface area contributed by atoms with E-state index in [1.807, 2.05) is 18.7 Å². The lowest BCUT2D eigenvalue weighted by molar-refractivity contribution is -0.131. The second-order valence-corrected chi connectivity index (χ2v) is 8.46. The molecule has 0 atom stereocenters. The molecule has 0 unspecified atom stereocenters. The minimum atomic E-state index is -0.351. The van der Waals surface area contributed by atoms with Crippen molar-refractivity contribution in [2.24, 2.45) is 5.92 Å². The molecule has 2 aliphatic heterocycles. The maximum atomic E-state index is 13.0. The van der Waals surface area contributed by atoms with E-state index < -0.39 is 0 Å². The molecule has 7 nitrogen and oxygen atoms in total. The number of amides is 4. The summed E-state index contributed by atoms with van der Waals surface area (Å²) in [5.41, 5.74) is 1.04. The van der Waals surface area contributed by atoms with Crippen LogP contribution in [0.1, 0.15) is 71.6 Å². The summed E-state index contributed by atoms with van der Waals surface area (Å²) in [6.45, 7) is 9.81. The highest BCUT2D eigenvalue weighted by Crippen LogP contribution is 2.26. The van der Waals surface area contributed by atoms with Crippen LogP contribution in [0.5, 0.6) is 0 Å². The molecule has 156 valence electrons. The molecule has 0 saturated carbocycles. The Hall–Kier alpha value is -2.70. The average molecular weight is 399 g/mol. The normalized spacial score (nSPS) is 17.2. The Morgan fingerprint density at radius 3 is 2.17 bits per heavy atom. The first-order valence-electron chi connectivity index (χ1n) is 10.3. The van der Waals surface area contributed by atoms with Gasteiger partial charge in [0.1, 0.15) is 0 Å². The van der Waals surface area contributed by atoms with Crippen molar-refractivity contribution in [3.8, 4) is 0 Å². The maximum Gasteiger partial charge on any atom is 0.261 e. The molecule has 7 heteroatoms. The van der Waals surface area contributed by atoms with Gasteiger partial charge in [-0.1, -0.05) is 13.8 Å². The first kappa shape index (κ1) is 21.0. The van der Waals surface area contributed by atoms with Crippen LogP contribution in [0, 0.1) is 5.92 Å². The summed E-state index contributed by atoms with van der Waals surface area (Å²) in [6.07, 6.45) is 1.24. The summed E-state index contributed by atoms with van der Waals surface area (Å²) < 4.78 is 0. The Morgan fingerprint density at radius 2 is 1.52 bits per heavy atom. The van der Waals surface area contributed by atoms with Gasteiger partial charge in [-0.15, -0.1) is 0 Å². The standard InChI is InChI=1S/C22H29N3O4/c1-14(2)12-19(26)23-8-5-9-24(11-10-23)20(27)16-6-7-17-18(13-16)22(29)25(15(3)4)21(17)28/h6-7,13-15H,5,8-12H2,1-4H3. The zero-order valence-electron chi connectivity index (χ0n) is 17.6. The lowest BCUT2D eigenvalue weighted by Crippen LogP contribution is -2.37. The molecule has 1 aromatic rings. The Morgan fingerprint density at radius 1 is 0.897 bits per heavy atom. The minimum Gasteiger partial charge on any atom is -0.341 e. The SMILES string of the molecule is CC(C)CC(=O)N1CCCN(C(=O)c2ccc3c(c2)C(=O)N(C(C)C)C3=O)CC1. The van der Waals surface area contributed by atoms with E-state index in [-0.39, 0.29) is 35.2 Å². The summed E-state index contributed by atoms with van der Waals surface area (Å²) in [5, 5.41) is 0. The van der Waals surface area contributed by atoms with Crippen molar-refractivity contribution in [3.05, 3.63) is 34.9 Å². The fourth-order valence-corrected chi connectivity index (χ4v) is 3.89. The Bertz CT molecular complexity index is 846. The van der Waals surface area contributed by atoms with Gasteiger partial charge in [-0.3, -0.25) is 24.1 Å². The third-order valence-corrected chi connectivity index (χ3v) is 5.40. The Kier molecular flexibility index (Phi) is 6.05. The van der Waals surface area contributed by atoms with Gasteiger partial charge in [0, 0.05) is 44.2 Å². The number of benzene rings is 1. The zero-order valence-corrected chi connectivity index (χ0v) is 17.6. The van der Waals surface area contributed by atoms with Crippen LogP contribution in [0.25, 0.3) is 0 Å². The van der Waals surface area contributed by atoms with Crippen molar-refractivity contribution in [3.63, 3.8) is 0 Å². The highest BCUT2D eigenvalue weighted by atomic mass is 16.2. The largest absolute Gasteiger partial charge is 0.341 e. The monoisotopic (exact) mass is 399 g/mol. The van der Waals surface area contributed by atoms with E-state index >= 15 is 0 Å². The van der Waals surface area contributed by atoms with Crippen LogP contribution in [0.3, 0.4) is 0 Å². The van der Waals surface area contributed by atoms with Gasteiger partial charge in [0.05, 0.1) is 11.1 Å². The van der Waals surface area contributed by atoms with Crippen LogP contribution in [0.2, 0.25) is 0 Å². The molecule has 3 rings (SSSR count). The number of nitrogens with zero attached hydrogens (tertiary/aromatic N) is 3. The third-order valence-electron chi connectivity index (χ3n) is 5.40. The highest BCUT2D eigenvalue weighted by Gasteiger charge is 2.37. The number of hydrogen-bond donors (Lipinski definition) is 0. The quantitative estimate of drug-likeness (QED) is 0.729. The van der Waals surface area contributed by atoms with Gasteiger partial charge in [-0.2, -0.15) is 0 Å². The van der Waals surface area contributed by atoms with Gasteiger partial charge in [0.2, 0.25) is 5.91 Å². The summed E-state index contributed by atoms with van der Waals surface area (Å²) in [5.74, 6) is -0.400. The Labute approximate surface area is 171 Å². The molecule has 2 heterocycles. The van der Waals surface area contributed by atoms with E-state index in [4.69, 9.17) is 0 Å². The second kappa shape index (κ2) is 8.35.